The summed E-state index contributed by atoms with van der Waals surface area (Å²) in [5.74, 6) is -0.114. The Labute approximate surface area is 108 Å². The minimum atomic E-state index is -0.228. The molecule has 5 heteroatoms. The molecule has 94 valence electrons. The molecular weight excluding hydrogens is 242 g/mol. The van der Waals surface area contributed by atoms with Crippen molar-refractivity contribution in [2.24, 2.45) is 0 Å². The molecule has 0 aliphatic carbocycles. The summed E-state index contributed by atoms with van der Waals surface area (Å²) < 4.78 is 0. The Morgan fingerprint density at radius 3 is 2.95 bits per heavy atom. The lowest BCUT2D eigenvalue weighted by Gasteiger charge is -2.05. The number of hydrogen-bond donors (Lipinski definition) is 3. The van der Waals surface area contributed by atoms with Crippen molar-refractivity contribution >= 4 is 22.5 Å². The van der Waals surface area contributed by atoms with Crippen LogP contribution in [0.1, 0.15) is 10.4 Å². The van der Waals surface area contributed by atoms with Crippen LogP contribution < -0.4 is 5.32 Å². The van der Waals surface area contributed by atoms with Crippen molar-refractivity contribution in [3.8, 4) is 5.75 Å². The molecule has 0 spiro atoms. The second kappa shape index (κ2) is 4.45. The molecule has 2 aromatic carbocycles. The van der Waals surface area contributed by atoms with E-state index in [1.807, 2.05) is 0 Å². The predicted molar refractivity (Wildman–Crippen MR) is 72.2 cm³/mol. The molecule has 0 radical (unpaired) electrons. The van der Waals surface area contributed by atoms with Crippen molar-refractivity contribution in [3.05, 3.63) is 54.2 Å². The molecule has 1 amide bonds. The van der Waals surface area contributed by atoms with Gasteiger partial charge >= 0.3 is 0 Å². The first-order valence-electron chi connectivity index (χ1n) is 5.76. The fourth-order valence-corrected chi connectivity index (χ4v) is 1.87. The van der Waals surface area contributed by atoms with E-state index in [4.69, 9.17) is 0 Å². The average molecular weight is 253 g/mol. The van der Waals surface area contributed by atoms with Gasteiger partial charge in [0, 0.05) is 22.7 Å². The van der Waals surface area contributed by atoms with Crippen LogP contribution in [-0.4, -0.2) is 21.2 Å². The number of phenolic OH excluding ortho intramolecular Hbond substituents is 1. The van der Waals surface area contributed by atoms with E-state index in [9.17, 15) is 9.90 Å². The maximum Gasteiger partial charge on any atom is 0.255 e. The maximum absolute atomic E-state index is 12.1. The molecule has 5 nitrogen and oxygen atoms in total. The van der Waals surface area contributed by atoms with Crippen molar-refractivity contribution in [2.45, 2.75) is 0 Å². The highest BCUT2D eigenvalue weighted by Gasteiger charge is 2.07. The summed E-state index contributed by atoms with van der Waals surface area (Å²) in [6, 6.07) is 11.7. The molecule has 19 heavy (non-hydrogen) atoms. The monoisotopic (exact) mass is 253 g/mol. The number of phenols is 1. The van der Waals surface area contributed by atoms with Crippen LogP contribution in [0.2, 0.25) is 0 Å². The van der Waals surface area contributed by atoms with Gasteiger partial charge in [0.05, 0.1) is 11.7 Å². The van der Waals surface area contributed by atoms with Crippen molar-refractivity contribution in [3.63, 3.8) is 0 Å². The van der Waals surface area contributed by atoms with Crippen LogP contribution >= 0.6 is 0 Å². The Kier molecular flexibility index (Phi) is 2.64. The molecule has 0 saturated heterocycles. The molecule has 1 aromatic heterocycles. The summed E-state index contributed by atoms with van der Waals surface area (Å²) >= 11 is 0. The highest BCUT2D eigenvalue weighted by Crippen LogP contribution is 2.18. The Balaban J connectivity index is 1.87. The highest BCUT2D eigenvalue weighted by molar-refractivity contribution is 6.06. The van der Waals surface area contributed by atoms with E-state index in [0.29, 0.717) is 11.3 Å². The van der Waals surface area contributed by atoms with Gasteiger partial charge in [-0.15, -0.1) is 0 Å². The smallest absolute Gasteiger partial charge is 0.255 e. The van der Waals surface area contributed by atoms with Gasteiger partial charge in [0.2, 0.25) is 0 Å². The maximum atomic E-state index is 12.1. The third kappa shape index (κ3) is 2.26. The molecule has 0 saturated carbocycles. The molecule has 0 aliphatic heterocycles. The Hall–Kier alpha value is -2.82. The van der Waals surface area contributed by atoms with Crippen LogP contribution in [-0.2, 0) is 0 Å². The molecular formula is C14H11N3O2. The largest absolute Gasteiger partial charge is 0.508 e. The number of rotatable bonds is 2. The molecule has 3 rings (SSSR count). The molecule has 0 aliphatic rings. The van der Waals surface area contributed by atoms with E-state index in [0.717, 1.165) is 10.9 Å². The summed E-state index contributed by atoms with van der Waals surface area (Å²) in [5, 5.41) is 19.7. The first kappa shape index (κ1) is 11.3. The fraction of sp³-hybridized carbons (Fsp3) is 0. The van der Waals surface area contributed by atoms with Crippen LogP contribution in [0.3, 0.4) is 0 Å². The van der Waals surface area contributed by atoms with E-state index in [1.165, 1.54) is 6.07 Å². The Bertz CT molecular complexity index is 749. The molecule has 1 heterocycles. The van der Waals surface area contributed by atoms with Gasteiger partial charge in [-0.3, -0.25) is 9.89 Å². The minimum Gasteiger partial charge on any atom is -0.508 e. The summed E-state index contributed by atoms with van der Waals surface area (Å²) in [5.41, 5.74) is 1.98. The van der Waals surface area contributed by atoms with E-state index in [1.54, 1.807) is 42.6 Å². The number of nitrogens with zero attached hydrogens (tertiary/aromatic N) is 1. The molecule has 3 N–H and O–H groups in total. The van der Waals surface area contributed by atoms with Crippen molar-refractivity contribution in [1.82, 2.24) is 10.2 Å². The quantitative estimate of drug-likeness (QED) is 0.656. The topological polar surface area (TPSA) is 78.0 Å². The van der Waals surface area contributed by atoms with Crippen LogP contribution in [0, 0.1) is 0 Å². The van der Waals surface area contributed by atoms with E-state index in [2.05, 4.69) is 15.5 Å². The van der Waals surface area contributed by atoms with E-state index >= 15 is 0 Å². The number of hydrogen-bond acceptors (Lipinski definition) is 3. The van der Waals surface area contributed by atoms with Gasteiger partial charge in [-0.2, -0.15) is 5.10 Å². The first-order chi connectivity index (χ1) is 9.22. The molecule has 0 fully saturated rings. The Morgan fingerprint density at radius 2 is 2.11 bits per heavy atom. The van der Waals surface area contributed by atoms with Crippen LogP contribution in [0.4, 0.5) is 5.69 Å². The highest BCUT2D eigenvalue weighted by atomic mass is 16.3. The number of H-pyrrole nitrogens is 1. The minimum absolute atomic E-state index is 0.114. The van der Waals surface area contributed by atoms with Crippen molar-refractivity contribution in [1.29, 1.82) is 0 Å². The Morgan fingerprint density at radius 1 is 1.21 bits per heavy atom. The van der Waals surface area contributed by atoms with E-state index in [-0.39, 0.29) is 11.7 Å². The van der Waals surface area contributed by atoms with Gasteiger partial charge in [-0.1, -0.05) is 6.07 Å². The number of nitrogens with one attached hydrogen (secondary N) is 2. The second-order valence-corrected chi connectivity index (χ2v) is 4.18. The second-order valence-electron chi connectivity index (χ2n) is 4.18. The van der Waals surface area contributed by atoms with Gasteiger partial charge in [-0.05, 0) is 30.3 Å². The first-order valence-corrected chi connectivity index (χ1v) is 5.76. The molecule has 0 atom stereocenters. The van der Waals surface area contributed by atoms with Gasteiger partial charge in [-0.25, -0.2) is 0 Å². The number of carbonyl (C=O) groups excluding carboxylic acids is 1. The lowest BCUT2D eigenvalue weighted by molar-refractivity contribution is 0.102. The number of anilines is 1. The summed E-state index contributed by atoms with van der Waals surface area (Å²) in [4.78, 5) is 12.1. The number of fused-ring (bicyclic) bond motifs is 1. The number of benzene rings is 2. The lowest BCUT2D eigenvalue weighted by Crippen LogP contribution is -2.11. The number of aromatic nitrogens is 2. The van der Waals surface area contributed by atoms with Crippen LogP contribution in [0.5, 0.6) is 5.75 Å². The standard InChI is InChI=1S/C14H11N3O2/c18-12-3-1-2-11(7-12)16-14(19)9-4-5-13-10(6-9)8-15-17-13/h1-8,18H,(H,15,17)(H,16,19). The van der Waals surface area contributed by atoms with Gasteiger partial charge in [0.15, 0.2) is 0 Å². The summed E-state index contributed by atoms with van der Waals surface area (Å²) in [6.45, 7) is 0. The van der Waals surface area contributed by atoms with Crippen LogP contribution in [0.25, 0.3) is 10.9 Å². The number of carbonyl (C=O) groups is 1. The lowest BCUT2D eigenvalue weighted by atomic mass is 10.1. The summed E-state index contributed by atoms with van der Waals surface area (Å²) in [7, 11) is 0. The zero-order valence-electron chi connectivity index (χ0n) is 9.92. The number of amides is 1. The molecule has 0 bridgehead atoms. The van der Waals surface area contributed by atoms with Gasteiger partial charge in [0.25, 0.3) is 5.91 Å². The zero-order chi connectivity index (χ0) is 13.2. The van der Waals surface area contributed by atoms with Gasteiger partial charge in [0.1, 0.15) is 5.75 Å². The SMILES string of the molecule is O=C(Nc1cccc(O)c1)c1ccc2[nH]ncc2c1. The predicted octanol–water partition coefficient (Wildman–Crippen LogP) is 2.52. The molecule has 3 aromatic rings. The average Bonchev–Trinajstić information content (AvgIpc) is 2.85. The van der Waals surface area contributed by atoms with E-state index < -0.39 is 0 Å². The third-order valence-electron chi connectivity index (χ3n) is 2.81. The number of aromatic hydroxyl groups is 1. The molecule has 0 unspecified atom stereocenters. The third-order valence-corrected chi connectivity index (χ3v) is 2.81. The van der Waals surface area contributed by atoms with Gasteiger partial charge < -0.3 is 10.4 Å². The normalized spacial score (nSPS) is 10.5. The fourth-order valence-electron chi connectivity index (χ4n) is 1.87. The number of aromatic amines is 1. The summed E-state index contributed by atoms with van der Waals surface area (Å²) in [6.07, 6.45) is 1.67. The van der Waals surface area contributed by atoms with Crippen molar-refractivity contribution < 1.29 is 9.90 Å². The van der Waals surface area contributed by atoms with Crippen LogP contribution in [0.15, 0.2) is 48.7 Å². The van der Waals surface area contributed by atoms with Crippen molar-refractivity contribution in [2.75, 3.05) is 5.32 Å². The zero-order valence-corrected chi connectivity index (χ0v) is 9.92.